The molecule has 8 nitrogen and oxygen atoms in total. The maximum atomic E-state index is 12.8. The lowest BCUT2D eigenvalue weighted by atomic mass is 9.82. The average Bonchev–Trinajstić information content (AvgIpc) is 2.69. The molecule has 1 heterocycles. The van der Waals surface area contributed by atoms with Crippen LogP contribution in [0.2, 0.25) is 0 Å². The molecule has 1 fully saturated rings. The monoisotopic (exact) mass is 412 g/mol. The molecule has 1 aliphatic heterocycles. The maximum Gasteiger partial charge on any atom is 0.327 e. The van der Waals surface area contributed by atoms with Crippen LogP contribution in [-0.4, -0.2) is 63.5 Å². The number of nitrogens with zero attached hydrogens (tertiary/aromatic N) is 2. The summed E-state index contributed by atoms with van der Waals surface area (Å²) in [4.78, 5) is 52.1. The molecule has 8 heteroatoms. The summed E-state index contributed by atoms with van der Waals surface area (Å²) in [6.07, 6.45) is 0.892. The van der Waals surface area contributed by atoms with Crippen molar-refractivity contribution in [3.63, 3.8) is 0 Å². The zero-order chi connectivity index (χ0) is 22.7. The zero-order valence-electron chi connectivity index (χ0n) is 18.9. The van der Waals surface area contributed by atoms with Gasteiger partial charge in [-0.25, -0.2) is 4.79 Å². The van der Waals surface area contributed by atoms with Gasteiger partial charge in [-0.1, -0.05) is 13.8 Å². The Labute approximate surface area is 173 Å². The van der Waals surface area contributed by atoms with E-state index >= 15 is 0 Å². The van der Waals surface area contributed by atoms with E-state index in [2.05, 4.69) is 0 Å². The Morgan fingerprint density at radius 1 is 1.14 bits per heavy atom. The molecule has 2 atom stereocenters. The minimum atomic E-state index is -1.04. The lowest BCUT2D eigenvalue weighted by molar-refractivity contribution is -0.167. The number of rotatable bonds is 9. The van der Waals surface area contributed by atoms with Crippen molar-refractivity contribution < 1.29 is 29.0 Å². The van der Waals surface area contributed by atoms with Crippen LogP contribution in [0.1, 0.15) is 67.7 Å². The van der Waals surface area contributed by atoms with Crippen LogP contribution in [0, 0.1) is 17.8 Å². The van der Waals surface area contributed by atoms with Crippen LogP contribution in [0.4, 0.5) is 4.79 Å². The summed E-state index contributed by atoms with van der Waals surface area (Å²) in [7, 11) is 1.58. The van der Waals surface area contributed by atoms with Crippen molar-refractivity contribution >= 4 is 23.9 Å². The molecule has 1 saturated heterocycles. The highest BCUT2D eigenvalue weighted by molar-refractivity contribution is 6.06. The standard InChI is InChI=1S/C21H36N2O6/c1-13(2)12-15(16(24)25)14(17(26)29-20(3,4)5)10-9-11-23-18(27)21(6,7)22(8)19(23)28/h13-15H,9-12H2,1-8H3,(H,24,25)/t14?,15-/m1/s1. The number of esters is 1. The van der Waals surface area contributed by atoms with E-state index in [1.165, 1.54) is 9.80 Å². The third-order valence-corrected chi connectivity index (χ3v) is 5.26. The molecular formula is C21H36N2O6. The number of carboxylic acid groups (broad SMARTS) is 1. The SMILES string of the molecule is CC(C)C[C@@H](C(=O)O)C(CCCN1C(=O)N(C)C(C)(C)C1=O)C(=O)OC(C)(C)C. The lowest BCUT2D eigenvalue weighted by Gasteiger charge is -2.28. The number of imide groups is 1. The van der Waals surface area contributed by atoms with Gasteiger partial charge in [0, 0.05) is 13.6 Å². The molecule has 0 aromatic rings. The fourth-order valence-corrected chi connectivity index (χ4v) is 3.45. The van der Waals surface area contributed by atoms with Gasteiger partial charge in [-0.05, 0) is 59.8 Å². The van der Waals surface area contributed by atoms with Crippen LogP contribution < -0.4 is 0 Å². The third-order valence-electron chi connectivity index (χ3n) is 5.26. The van der Waals surface area contributed by atoms with Gasteiger partial charge in [0.25, 0.3) is 5.91 Å². The summed E-state index contributed by atoms with van der Waals surface area (Å²) < 4.78 is 5.47. The fraction of sp³-hybridized carbons (Fsp3) is 0.810. The van der Waals surface area contributed by atoms with Crippen LogP contribution >= 0.6 is 0 Å². The number of likely N-dealkylation sites (N-methyl/N-ethyl adjacent to an activating group) is 1. The Morgan fingerprint density at radius 3 is 2.07 bits per heavy atom. The van der Waals surface area contributed by atoms with E-state index in [-0.39, 0.29) is 30.8 Å². The second-order valence-corrected chi connectivity index (χ2v) is 9.71. The van der Waals surface area contributed by atoms with E-state index in [1.54, 1.807) is 41.7 Å². The van der Waals surface area contributed by atoms with Crippen molar-refractivity contribution in [2.75, 3.05) is 13.6 Å². The number of amides is 3. The Hall–Kier alpha value is -2.12. The van der Waals surface area contributed by atoms with Crippen molar-refractivity contribution in [2.45, 2.75) is 78.9 Å². The van der Waals surface area contributed by atoms with Crippen molar-refractivity contribution in [1.29, 1.82) is 0 Å². The minimum Gasteiger partial charge on any atom is -0.481 e. The third kappa shape index (κ3) is 6.18. The molecule has 0 bridgehead atoms. The van der Waals surface area contributed by atoms with E-state index in [0.29, 0.717) is 12.8 Å². The Bertz CT molecular complexity index is 650. The maximum absolute atomic E-state index is 12.8. The second kappa shape index (κ2) is 9.13. The Balaban J connectivity index is 2.95. The van der Waals surface area contributed by atoms with Gasteiger partial charge in [-0.3, -0.25) is 19.3 Å². The van der Waals surface area contributed by atoms with E-state index in [1.807, 2.05) is 13.8 Å². The molecule has 166 valence electrons. The van der Waals surface area contributed by atoms with Crippen molar-refractivity contribution in [1.82, 2.24) is 9.80 Å². The fourth-order valence-electron chi connectivity index (χ4n) is 3.45. The summed E-state index contributed by atoms with van der Waals surface area (Å²) >= 11 is 0. The molecule has 0 aromatic carbocycles. The molecule has 1 aliphatic rings. The van der Waals surface area contributed by atoms with Crippen LogP contribution in [0.25, 0.3) is 0 Å². The predicted octanol–water partition coefficient (Wildman–Crippen LogP) is 3.14. The molecule has 1 rings (SSSR count). The summed E-state index contributed by atoms with van der Waals surface area (Å²) in [6, 6.07) is -0.384. The normalized spacial score (nSPS) is 18.9. The molecule has 0 saturated carbocycles. The Kier molecular flexibility index (Phi) is 7.85. The quantitative estimate of drug-likeness (QED) is 0.461. The topological polar surface area (TPSA) is 104 Å². The first-order valence-electron chi connectivity index (χ1n) is 10.1. The van der Waals surface area contributed by atoms with Crippen LogP contribution in [0.5, 0.6) is 0 Å². The van der Waals surface area contributed by atoms with E-state index in [9.17, 15) is 24.3 Å². The molecule has 3 amide bonds. The number of ether oxygens (including phenoxy) is 1. The highest BCUT2D eigenvalue weighted by Gasteiger charge is 2.49. The highest BCUT2D eigenvalue weighted by atomic mass is 16.6. The van der Waals surface area contributed by atoms with Gasteiger partial charge >= 0.3 is 18.0 Å². The van der Waals surface area contributed by atoms with E-state index < -0.39 is 34.9 Å². The molecule has 0 spiro atoms. The number of aliphatic carboxylic acids is 1. The molecule has 0 aromatic heterocycles. The molecule has 1 unspecified atom stereocenters. The first-order valence-corrected chi connectivity index (χ1v) is 10.1. The van der Waals surface area contributed by atoms with Gasteiger partial charge < -0.3 is 14.7 Å². The summed E-state index contributed by atoms with van der Waals surface area (Å²) in [5.74, 6) is -3.51. The van der Waals surface area contributed by atoms with Crippen LogP contribution in [0.15, 0.2) is 0 Å². The van der Waals surface area contributed by atoms with Crippen molar-refractivity contribution in [3.05, 3.63) is 0 Å². The average molecular weight is 413 g/mol. The molecule has 29 heavy (non-hydrogen) atoms. The minimum absolute atomic E-state index is 0.0947. The van der Waals surface area contributed by atoms with Gasteiger partial charge in [0.2, 0.25) is 0 Å². The predicted molar refractivity (Wildman–Crippen MR) is 108 cm³/mol. The number of carbonyl (C=O) groups excluding carboxylic acids is 3. The van der Waals surface area contributed by atoms with Crippen molar-refractivity contribution in [3.8, 4) is 0 Å². The first-order chi connectivity index (χ1) is 13.1. The highest BCUT2D eigenvalue weighted by Crippen LogP contribution is 2.30. The van der Waals surface area contributed by atoms with Crippen molar-refractivity contribution in [2.24, 2.45) is 17.8 Å². The van der Waals surface area contributed by atoms with Gasteiger partial charge in [0.15, 0.2) is 0 Å². The number of hydrogen-bond acceptors (Lipinski definition) is 5. The Morgan fingerprint density at radius 2 is 1.69 bits per heavy atom. The molecule has 1 N–H and O–H groups in total. The number of carboxylic acids is 1. The molecular weight excluding hydrogens is 376 g/mol. The number of urea groups is 1. The number of hydrogen-bond donors (Lipinski definition) is 1. The van der Waals surface area contributed by atoms with Gasteiger partial charge in [-0.15, -0.1) is 0 Å². The zero-order valence-corrected chi connectivity index (χ0v) is 18.9. The lowest BCUT2D eigenvalue weighted by Crippen LogP contribution is -2.41. The largest absolute Gasteiger partial charge is 0.481 e. The van der Waals surface area contributed by atoms with Gasteiger partial charge in [0.1, 0.15) is 11.1 Å². The molecule has 0 aliphatic carbocycles. The summed E-state index contributed by atoms with van der Waals surface area (Å²) in [6.45, 7) is 12.5. The smallest absolute Gasteiger partial charge is 0.327 e. The van der Waals surface area contributed by atoms with Crippen LogP contribution in [0.3, 0.4) is 0 Å². The second-order valence-electron chi connectivity index (χ2n) is 9.71. The van der Waals surface area contributed by atoms with Crippen LogP contribution in [-0.2, 0) is 19.1 Å². The van der Waals surface area contributed by atoms with Gasteiger partial charge in [0.05, 0.1) is 11.8 Å². The first kappa shape index (κ1) is 24.9. The summed E-state index contributed by atoms with van der Waals surface area (Å²) in [5, 5.41) is 9.70. The molecule has 0 radical (unpaired) electrons. The summed E-state index contributed by atoms with van der Waals surface area (Å²) in [5.41, 5.74) is -1.65. The number of carbonyl (C=O) groups is 4. The van der Waals surface area contributed by atoms with E-state index in [4.69, 9.17) is 4.74 Å². The van der Waals surface area contributed by atoms with Gasteiger partial charge in [-0.2, -0.15) is 0 Å². The van der Waals surface area contributed by atoms with E-state index in [0.717, 1.165) is 0 Å².